The van der Waals surface area contributed by atoms with Gasteiger partial charge in [-0.25, -0.2) is 4.79 Å². The van der Waals surface area contributed by atoms with Gasteiger partial charge < -0.3 is 4.74 Å². The van der Waals surface area contributed by atoms with Crippen molar-refractivity contribution in [2.24, 2.45) is 0 Å². The molecule has 2 nitrogen and oxygen atoms in total. The van der Waals surface area contributed by atoms with Crippen LogP contribution in [-0.2, 0) is 4.79 Å². The minimum atomic E-state index is -0.978. The van der Waals surface area contributed by atoms with Crippen LogP contribution < -0.4 is 4.74 Å². The summed E-state index contributed by atoms with van der Waals surface area (Å²) < 4.78 is 19.1. The molecule has 0 saturated carbocycles. The number of aryl methyl sites for hydroxylation is 3. The topological polar surface area (TPSA) is 26.3 Å². The lowest BCUT2D eigenvalue weighted by atomic mass is 10.1. The Labute approximate surface area is 123 Å². The van der Waals surface area contributed by atoms with E-state index in [0.29, 0.717) is 11.3 Å². The van der Waals surface area contributed by atoms with Crippen LogP contribution >= 0.6 is 0 Å². The van der Waals surface area contributed by atoms with Gasteiger partial charge in [-0.15, -0.1) is 0 Å². The standard InChI is InChI=1S/C18H17FO2/c1-12-9-13(2)17(14(3)10-12)21-18(20)16(19)11-15-7-5-4-6-8-15/h4-11H,1-3H3/b16-11-. The van der Waals surface area contributed by atoms with Crippen molar-refractivity contribution < 1.29 is 13.9 Å². The average Bonchev–Trinajstić information content (AvgIpc) is 2.43. The molecule has 2 aromatic rings. The predicted octanol–water partition coefficient (Wildman–Crippen LogP) is 4.53. The third-order valence-electron chi connectivity index (χ3n) is 3.09. The fourth-order valence-corrected chi connectivity index (χ4v) is 2.22. The van der Waals surface area contributed by atoms with Crippen molar-refractivity contribution in [3.05, 3.63) is 70.5 Å². The SMILES string of the molecule is Cc1cc(C)c(OC(=O)/C(F)=C/c2ccccc2)c(C)c1. The molecule has 0 N–H and O–H groups in total. The molecule has 0 aliphatic carbocycles. The third-order valence-corrected chi connectivity index (χ3v) is 3.09. The number of halogens is 1. The zero-order valence-electron chi connectivity index (χ0n) is 12.3. The van der Waals surface area contributed by atoms with Crippen molar-refractivity contribution in [2.75, 3.05) is 0 Å². The molecule has 0 bridgehead atoms. The Bertz CT molecular complexity index is 665. The molecule has 2 aromatic carbocycles. The van der Waals surface area contributed by atoms with Crippen LogP contribution in [0.5, 0.6) is 5.75 Å². The summed E-state index contributed by atoms with van der Waals surface area (Å²) in [5.41, 5.74) is 3.32. The second-order valence-electron chi connectivity index (χ2n) is 5.02. The molecule has 3 heteroatoms. The predicted molar refractivity (Wildman–Crippen MR) is 81.8 cm³/mol. The molecule has 0 amide bonds. The maximum Gasteiger partial charge on any atom is 0.372 e. The number of carbonyl (C=O) groups is 1. The molecule has 0 aliphatic heterocycles. The van der Waals surface area contributed by atoms with Gasteiger partial charge in [-0.05, 0) is 43.5 Å². The van der Waals surface area contributed by atoms with E-state index in [-0.39, 0.29) is 0 Å². The molecule has 0 unspecified atom stereocenters. The fraction of sp³-hybridized carbons (Fsp3) is 0.167. The molecule has 0 spiro atoms. The Morgan fingerprint density at radius 3 is 2.19 bits per heavy atom. The van der Waals surface area contributed by atoms with Gasteiger partial charge in [-0.1, -0.05) is 48.0 Å². The quantitative estimate of drug-likeness (QED) is 0.470. The molecule has 21 heavy (non-hydrogen) atoms. The van der Waals surface area contributed by atoms with Gasteiger partial charge in [0.15, 0.2) is 0 Å². The molecule has 0 saturated heterocycles. The van der Waals surface area contributed by atoms with Crippen LogP contribution in [0.4, 0.5) is 4.39 Å². The molecule has 108 valence electrons. The van der Waals surface area contributed by atoms with Crippen LogP contribution in [0.25, 0.3) is 6.08 Å². The van der Waals surface area contributed by atoms with Gasteiger partial charge in [-0.3, -0.25) is 0 Å². The first-order valence-electron chi connectivity index (χ1n) is 6.69. The highest BCUT2D eigenvalue weighted by Crippen LogP contribution is 2.25. The van der Waals surface area contributed by atoms with Crippen LogP contribution in [0.1, 0.15) is 22.3 Å². The van der Waals surface area contributed by atoms with E-state index < -0.39 is 11.8 Å². The molecule has 0 aliphatic rings. The van der Waals surface area contributed by atoms with Crippen molar-refractivity contribution in [3.8, 4) is 5.75 Å². The van der Waals surface area contributed by atoms with Crippen LogP contribution in [0.3, 0.4) is 0 Å². The number of benzene rings is 2. The molecule has 0 heterocycles. The van der Waals surface area contributed by atoms with Gasteiger partial charge in [-0.2, -0.15) is 4.39 Å². The summed E-state index contributed by atoms with van der Waals surface area (Å²) in [4.78, 5) is 11.8. The molecule has 0 radical (unpaired) electrons. The third kappa shape index (κ3) is 3.78. The van der Waals surface area contributed by atoms with E-state index in [9.17, 15) is 9.18 Å². The summed E-state index contributed by atoms with van der Waals surface area (Å²) in [5, 5.41) is 0. The van der Waals surface area contributed by atoms with Gasteiger partial charge in [0, 0.05) is 0 Å². The smallest absolute Gasteiger partial charge is 0.372 e. The summed E-state index contributed by atoms with van der Waals surface area (Å²) in [7, 11) is 0. The fourth-order valence-electron chi connectivity index (χ4n) is 2.22. The monoisotopic (exact) mass is 284 g/mol. The van der Waals surface area contributed by atoms with Crippen molar-refractivity contribution in [1.82, 2.24) is 0 Å². The van der Waals surface area contributed by atoms with Crippen LogP contribution in [0.15, 0.2) is 48.3 Å². The highest BCUT2D eigenvalue weighted by Gasteiger charge is 2.15. The van der Waals surface area contributed by atoms with Gasteiger partial charge >= 0.3 is 5.97 Å². The number of carbonyl (C=O) groups excluding carboxylic acids is 1. The van der Waals surface area contributed by atoms with E-state index in [2.05, 4.69) is 0 Å². The number of rotatable bonds is 3. The van der Waals surface area contributed by atoms with E-state index in [4.69, 9.17) is 4.74 Å². The zero-order valence-corrected chi connectivity index (χ0v) is 12.3. The normalized spacial score (nSPS) is 11.3. The zero-order chi connectivity index (χ0) is 15.4. The molecular weight excluding hydrogens is 267 g/mol. The molecular formula is C18H17FO2. The first-order valence-corrected chi connectivity index (χ1v) is 6.69. The van der Waals surface area contributed by atoms with Crippen molar-refractivity contribution in [1.29, 1.82) is 0 Å². The van der Waals surface area contributed by atoms with Gasteiger partial charge in [0.05, 0.1) is 0 Å². The van der Waals surface area contributed by atoms with E-state index in [1.165, 1.54) is 6.08 Å². The first kappa shape index (κ1) is 15.0. The second-order valence-corrected chi connectivity index (χ2v) is 5.02. The summed E-state index contributed by atoms with van der Waals surface area (Å²) in [6.45, 7) is 5.63. The van der Waals surface area contributed by atoms with E-state index in [1.54, 1.807) is 24.3 Å². The average molecular weight is 284 g/mol. The highest BCUT2D eigenvalue weighted by atomic mass is 19.1. The summed E-state index contributed by atoms with van der Waals surface area (Å²) in [6, 6.07) is 12.6. The Morgan fingerprint density at radius 2 is 1.62 bits per heavy atom. The van der Waals surface area contributed by atoms with E-state index in [0.717, 1.165) is 16.7 Å². The van der Waals surface area contributed by atoms with E-state index in [1.807, 2.05) is 39.0 Å². The largest absolute Gasteiger partial charge is 0.421 e. The summed E-state index contributed by atoms with van der Waals surface area (Å²) in [5.74, 6) is -1.48. The van der Waals surface area contributed by atoms with Crippen LogP contribution in [-0.4, -0.2) is 5.97 Å². The van der Waals surface area contributed by atoms with E-state index >= 15 is 0 Å². The number of esters is 1. The Morgan fingerprint density at radius 1 is 1.05 bits per heavy atom. The van der Waals surface area contributed by atoms with Crippen molar-refractivity contribution >= 4 is 12.0 Å². The molecule has 0 atom stereocenters. The van der Waals surface area contributed by atoms with Gasteiger partial charge in [0.1, 0.15) is 5.75 Å². The van der Waals surface area contributed by atoms with Crippen molar-refractivity contribution in [2.45, 2.75) is 20.8 Å². The number of ether oxygens (including phenoxy) is 1. The van der Waals surface area contributed by atoms with Crippen LogP contribution in [0, 0.1) is 20.8 Å². The number of hydrogen-bond acceptors (Lipinski definition) is 2. The molecule has 0 aromatic heterocycles. The van der Waals surface area contributed by atoms with Gasteiger partial charge in [0.2, 0.25) is 5.83 Å². The van der Waals surface area contributed by atoms with Crippen LogP contribution in [0.2, 0.25) is 0 Å². The van der Waals surface area contributed by atoms with Crippen molar-refractivity contribution in [3.63, 3.8) is 0 Å². The second kappa shape index (κ2) is 6.35. The maximum absolute atomic E-state index is 13.9. The minimum absolute atomic E-state index is 0.419. The summed E-state index contributed by atoms with van der Waals surface area (Å²) >= 11 is 0. The molecule has 2 rings (SSSR count). The lowest BCUT2D eigenvalue weighted by Crippen LogP contribution is -2.10. The molecule has 0 fully saturated rings. The van der Waals surface area contributed by atoms with Gasteiger partial charge in [0.25, 0.3) is 0 Å². The summed E-state index contributed by atoms with van der Waals surface area (Å²) in [6.07, 6.45) is 1.17. The minimum Gasteiger partial charge on any atom is -0.421 e. The Kier molecular flexibility index (Phi) is 4.53. The highest BCUT2D eigenvalue weighted by molar-refractivity contribution is 5.92. The lowest BCUT2D eigenvalue weighted by Gasteiger charge is -2.10. The maximum atomic E-state index is 13.9. The first-order chi connectivity index (χ1) is 9.97. The Hall–Kier alpha value is -2.42. The number of hydrogen-bond donors (Lipinski definition) is 0. The Balaban J connectivity index is 2.21. The lowest BCUT2D eigenvalue weighted by molar-refractivity contribution is -0.131.